The number of rotatable bonds is 12. The van der Waals surface area contributed by atoms with E-state index in [1.807, 2.05) is 0 Å². The van der Waals surface area contributed by atoms with Crippen LogP contribution in [0.3, 0.4) is 0 Å². The van der Waals surface area contributed by atoms with Gasteiger partial charge >= 0.3 is 11.7 Å². The van der Waals surface area contributed by atoms with Crippen molar-refractivity contribution in [1.82, 2.24) is 29.4 Å². The number of nitrogens with one attached hydrogen (secondary N) is 1. The summed E-state index contributed by atoms with van der Waals surface area (Å²) >= 11 is -3.12. The third-order valence-corrected chi connectivity index (χ3v) is 12.2. The normalized spacial score (nSPS) is 15.7. The van der Waals surface area contributed by atoms with Crippen LogP contribution in [0.5, 0.6) is 0 Å². The Morgan fingerprint density at radius 2 is 1.62 bits per heavy atom. The van der Waals surface area contributed by atoms with E-state index < -0.39 is 69.4 Å². The maximum absolute atomic E-state index is 15.9. The molecular weight excluding hydrogens is 837 g/mol. The molecule has 2 fully saturated rings. The number of nitrogens with zero attached hydrogens (tertiary/aromatic N) is 6. The minimum Gasteiger partial charge on any atom is -0.755 e. The Labute approximate surface area is 362 Å². The molecule has 6 aromatic rings. The molecule has 1 saturated carbocycles. The molecule has 1 aliphatic carbocycles. The number of esters is 1. The summed E-state index contributed by atoms with van der Waals surface area (Å²) in [6.07, 6.45) is 11.3. The van der Waals surface area contributed by atoms with E-state index in [0.717, 1.165) is 36.7 Å². The second-order valence-corrected chi connectivity index (χ2v) is 16.3. The number of carbonyl (C=O) groups excluding carboxylic acids is 2. The molecule has 15 nitrogen and oxygen atoms in total. The van der Waals surface area contributed by atoms with Crippen LogP contribution in [-0.4, -0.2) is 70.1 Å². The van der Waals surface area contributed by atoms with Gasteiger partial charge in [0.15, 0.2) is 0 Å². The highest BCUT2D eigenvalue weighted by Gasteiger charge is 2.30. The summed E-state index contributed by atoms with van der Waals surface area (Å²) in [7, 11) is 1.52. The number of benzene rings is 3. The van der Waals surface area contributed by atoms with Gasteiger partial charge in [-0.15, -0.1) is 0 Å². The molecular formula is C45H42F2N7O8S-. The van der Waals surface area contributed by atoms with E-state index in [1.165, 1.54) is 54.3 Å². The van der Waals surface area contributed by atoms with Crippen molar-refractivity contribution < 1.29 is 36.6 Å². The largest absolute Gasteiger partial charge is 0.755 e. The van der Waals surface area contributed by atoms with Crippen molar-refractivity contribution in [3.05, 3.63) is 141 Å². The molecule has 1 unspecified atom stereocenters. The Hall–Kier alpha value is -6.50. The zero-order valence-corrected chi connectivity index (χ0v) is 34.9. The summed E-state index contributed by atoms with van der Waals surface area (Å²) in [5.74, 6) is -3.50. The van der Waals surface area contributed by atoms with Gasteiger partial charge in [0.2, 0.25) is 0 Å². The first kappa shape index (κ1) is 43.2. The lowest BCUT2D eigenvalue weighted by atomic mass is 9.97. The second kappa shape index (κ2) is 18.9. The monoisotopic (exact) mass is 878 g/mol. The van der Waals surface area contributed by atoms with E-state index in [0.29, 0.717) is 70.5 Å². The summed E-state index contributed by atoms with van der Waals surface area (Å²) in [5.41, 5.74) is -0.197. The number of hydrogen-bond acceptors (Lipinski definition) is 11. The van der Waals surface area contributed by atoms with Crippen LogP contribution in [-0.2, 0) is 39.0 Å². The first-order chi connectivity index (χ1) is 30.5. The first-order valence-corrected chi connectivity index (χ1v) is 21.5. The molecule has 1 amide bonds. The highest BCUT2D eigenvalue weighted by Crippen LogP contribution is 2.33. The van der Waals surface area contributed by atoms with E-state index in [9.17, 15) is 27.9 Å². The molecule has 0 spiro atoms. The predicted octanol–water partition coefficient (Wildman–Crippen LogP) is 5.86. The van der Waals surface area contributed by atoms with Crippen molar-refractivity contribution in [1.29, 1.82) is 0 Å². The van der Waals surface area contributed by atoms with E-state index in [2.05, 4.69) is 20.3 Å². The van der Waals surface area contributed by atoms with Crippen LogP contribution < -0.4 is 20.9 Å². The molecule has 18 heteroatoms. The number of anilines is 2. The van der Waals surface area contributed by atoms with E-state index in [1.54, 1.807) is 36.7 Å². The molecule has 2 atom stereocenters. The van der Waals surface area contributed by atoms with Crippen molar-refractivity contribution in [2.45, 2.75) is 69.4 Å². The number of fused-ring (bicyclic) bond motifs is 1. The third-order valence-electron chi connectivity index (χ3n) is 11.5. The molecule has 1 aliphatic heterocycles. The lowest BCUT2D eigenvalue weighted by Crippen LogP contribution is -2.45. The molecule has 0 bridgehead atoms. The number of halogens is 2. The summed E-state index contributed by atoms with van der Waals surface area (Å²) in [6.45, 7) is 1.29. The molecule has 3 aromatic carbocycles. The molecule has 8 rings (SSSR count). The number of aryl methyl sites for hydroxylation is 1. The van der Waals surface area contributed by atoms with Gasteiger partial charge in [-0.2, -0.15) is 0 Å². The zero-order chi connectivity index (χ0) is 44.2. The van der Waals surface area contributed by atoms with E-state index in [-0.39, 0.29) is 29.1 Å². The van der Waals surface area contributed by atoms with Crippen LogP contribution in [0.2, 0.25) is 0 Å². The lowest BCUT2D eigenvalue weighted by Gasteiger charge is -2.27. The number of carbonyl (C=O) groups is 2. The van der Waals surface area contributed by atoms with Crippen molar-refractivity contribution in [3.8, 4) is 16.8 Å². The Kier molecular flexibility index (Phi) is 12.9. The fraction of sp³-hybridized carbons (Fsp3) is 0.311. The highest BCUT2D eigenvalue weighted by molar-refractivity contribution is 7.81. The maximum Gasteiger partial charge on any atom is 0.335 e. The van der Waals surface area contributed by atoms with Gasteiger partial charge in [-0.25, -0.2) is 32.9 Å². The number of amides is 1. The second-order valence-electron chi connectivity index (χ2n) is 15.5. The molecule has 63 heavy (non-hydrogen) atoms. The SMILES string of the molecule is Cn1c(=O)n(-c2ccc(C[C@H](NC(=O)c3cc(F)c(N(c4ccc(-c5cnc(C6CCOCC6)nc5)cc4)S(=O)[O-])cc3F)C(=O)OC3CCCCC3)cc2)c(=O)c2ccncc21. The topological polar surface area (TPSA) is 191 Å². The van der Waals surface area contributed by atoms with Crippen LogP contribution in [0.4, 0.5) is 20.2 Å². The predicted molar refractivity (Wildman–Crippen MR) is 228 cm³/mol. The van der Waals surface area contributed by atoms with Gasteiger partial charge in [0.05, 0.1) is 51.0 Å². The lowest BCUT2D eigenvalue weighted by molar-refractivity contribution is -0.152. The van der Waals surface area contributed by atoms with Gasteiger partial charge in [0.25, 0.3) is 11.5 Å². The van der Waals surface area contributed by atoms with Gasteiger partial charge in [-0.3, -0.25) is 27.7 Å². The van der Waals surface area contributed by atoms with Crippen molar-refractivity contribution >= 4 is 45.4 Å². The number of pyridine rings is 1. The number of ether oxygens (including phenoxy) is 2. The van der Waals surface area contributed by atoms with Gasteiger partial charge < -0.3 is 19.3 Å². The Morgan fingerprint density at radius 1 is 0.921 bits per heavy atom. The summed E-state index contributed by atoms with van der Waals surface area (Å²) < 4.78 is 70.9. The average Bonchev–Trinajstić information content (AvgIpc) is 3.30. The Morgan fingerprint density at radius 3 is 2.30 bits per heavy atom. The molecule has 0 radical (unpaired) electrons. The van der Waals surface area contributed by atoms with E-state index in [4.69, 9.17) is 9.47 Å². The molecule has 3 aromatic heterocycles. The van der Waals surface area contributed by atoms with Gasteiger partial charge in [-0.1, -0.05) is 30.7 Å². The zero-order valence-electron chi connectivity index (χ0n) is 34.1. The van der Waals surface area contributed by atoms with Crippen LogP contribution in [0.1, 0.15) is 72.6 Å². The molecule has 4 heterocycles. The van der Waals surface area contributed by atoms with Crippen LogP contribution in [0, 0.1) is 11.6 Å². The van der Waals surface area contributed by atoms with Crippen molar-refractivity contribution in [2.24, 2.45) is 7.05 Å². The number of aromatic nitrogens is 5. The fourth-order valence-electron chi connectivity index (χ4n) is 8.01. The molecule has 1 saturated heterocycles. The van der Waals surface area contributed by atoms with Gasteiger partial charge in [0, 0.05) is 62.8 Å². The summed E-state index contributed by atoms with van der Waals surface area (Å²) in [4.78, 5) is 66.9. The minimum atomic E-state index is -3.12. The molecule has 2 aliphatic rings. The van der Waals surface area contributed by atoms with Gasteiger partial charge in [0.1, 0.15) is 29.6 Å². The standard InChI is InChI=1S/C45H43F2N7O8S/c1-52-40-26-48-18-15-34(40)43(56)53(45(52)58)31-11-7-27(8-12-31)21-38(44(57)62-33-5-3-2-4-6-33)51-42(55)35-22-37(47)39(23-36(35)46)54(63(59)60)32-13-9-28(10-14-32)30-24-49-41(50-25-30)29-16-19-61-20-17-29/h7-15,18,22-26,29,33,38H,2-6,16-17,19-21H2,1H3,(H,51,55)(H,59,60)/p-1/t38-/m0/s1. The smallest absolute Gasteiger partial charge is 0.335 e. The minimum absolute atomic E-state index is 0.0120. The Bertz CT molecular complexity index is 2790. The van der Waals surface area contributed by atoms with Crippen molar-refractivity contribution in [3.63, 3.8) is 0 Å². The Balaban J connectivity index is 1.02. The van der Waals surface area contributed by atoms with Crippen molar-refractivity contribution in [2.75, 3.05) is 17.5 Å². The van der Waals surface area contributed by atoms with Crippen LogP contribution in [0.25, 0.3) is 27.7 Å². The fourth-order valence-corrected chi connectivity index (χ4v) is 8.61. The quantitative estimate of drug-likeness (QED) is 0.114. The average molecular weight is 879 g/mol. The van der Waals surface area contributed by atoms with Crippen LogP contribution >= 0.6 is 0 Å². The third kappa shape index (κ3) is 9.33. The highest BCUT2D eigenvalue weighted by atomic mass is 32.2. The summed E-state index contributed by atoms with van der Waals surface area (Å²) in [6, 6.07) is 13.5. The first-order valence-electron chi connectivity index (χ1n) is 20.5. The van der Waals surface area contributed by atoms with Crippen LogP contribution in [0.15, 0.2) is 101 Å². The van der Waals surface area contributed by atoms with Gasteiger partial charge in [-0.05, 0) is 86.1 Å². The molecule has 1 N–H and O–H groups in total. The maximum atomic E-state index is 15.9. The summed E-state index contributed by atoms with van der Waals surface area (Å²) in [5, 5.41) is 2.77. The van der Waals surface area contributed by atoms with E-state index >= 15 is 8.78 Å². The number of hydrogen-bond donors (Lipinski definition) is 1. The molecule has 326 valence electrons.